The molecule has 1 heterocycles. The maximum Gasteiger partial charge on any atom is 0.258 e. The number of nitrogens with zero attached hydrogens (tertiary/aromatic N) is 2. The smallest absolute Gasteiger partial charge is 0.258 e. The van der Waals surface area contributed by atoms with Gasteiger partial charge in [-0.15, -0.1) is 0 Å². The number of nitrogens with one attached hydrogen (secondary N) is 1. The highest BCUT2D eigenvalue weighted by Crippen LogP contribution is 2.16. The number of aromatic nitrogens is 2. The van der Waals surface area contributed by atoms with E-state index in [4.69, 9.17) is 5.73 Å². The van der Waals surface area contributed by atoms with Crippen LogP contribution in [0.2, 0.25) is 0 Å². The summed E-state index contributed by atoms with van der Waals surface area (Å²) in [6.07, 6.45) is 0. The predicted molar refractivity (Wildman–Crippen MR) is 71.5 cm³/mol. The van der Waals surface area contributed by atoms with E-state index in [1.54, 1.807) is 23.9 Å². The number of benzene rings is 1. The molecule has 2 rings (SSSR count). The highest BCUT2D eigenvalue weighted by molar-refractivity contribution is 6.07. The number of hydrogen-bond donors (Lipinski definition) is 2. The van der Waals surface area contributed by atoms with Crippen LogP contribution in [0.1, 0.15) is 21.6 Å². The van der Waals surface area contributed by atoms with E-state index in [2.05, 4.69) is 10.4 Å². The van der Waals surface area contributed by atoms with Crippen molar-refractivity contribution in [3.8, 4) is 0 Å². The first-order valence-electron chi connectivity index (χ1n) is 5.65. The molecule has 0 saturated heterocycles. The molecule has 0 aliphatic rings. The highest BCUT2D eigenvalue weighted by Gasteiger charge is 2.12. The molecule has 0 aliphatic carbocycles. The van der Waals surface area contributed by atoms with E-state index in [0.717, 1.165) is 11.3 Å². The van der Waals surface area contributed by atoms with Crippen molar-refractivity contribution in [3.05, 3.63) is 41.1 Å². The second-order valence-electron chi connectivity index (χ2n) is 4.34. The van der Waals surface area contributed by atoms with Gasteiger partial charge in [-0.1, -0.05) is 11.6 Å². The number of anilines is 2. The minimum absolute atomic E-state index is 0.223. The molecule has 0 radical (unpaired) electrons. The van der Waals surface area contributed by atoms with Gasteiger partial charge in [0.25, 0.3) is 5.91 Å². The third-order valence-corrected chi connectivity index (χ3v) is 2.70. The summed E-state index contributed by atoms with van der Waals surface area (Å²) in [5.41, 5.74) is 8.60. The second-order valence-corrected chi connectivity index (χ2v) is 4.34. The zero-order valence-electron chi connectivity index (χ0n) is 10.7. The molecule has 0 bridgehead atoms. The van der Waals surface area contributed by atoms with Crippen LogP contribution < -0.4 is 11.1 Å². The van der Waals surface area contributed by atoms with Crippen molar-refractivity contribution < 1.29 is 4.79 Å². The van der Waals surface area contributed by atoms with Crippen LogP contribution in [0.15, 0.2) is 24.3 Å². The molecule has 5 heteroatoms. The van der Waals surface area contributed by atoms with Crippen LogP contribution in [0.5, 0.6) is 0 Å². The summed E-state index contributed by atoms with van der Waals surface area (Å²) in [4.78, 5) is 12.1. The minimum Gasteiger partial charge on any atom is -0.398 e. The van der Waals surface area contributed by atoms with Gasteiger partial charge in [-0.25, -0.2) is 0 Å². The number of aryl methyl sites for hydroxylation is 3. The van der Waals surface area contributed by atoms with Gasteiger partial charge in [0.2, 0.25) is 0 Å². The Balaban J connectivity index is 2.27. The lowest BCUT2D eigenvalue weighted by atomic mass is 10.1. The van der Waals surface area contributed by atoms with Crippen molar-refractivity contribution in [2.75, 3.05) is 11.1 Å². The maximum atomic E-state index is 12.1. The van der Waals surface area contributed by atoms with Gasteiger partial charge >= 0.3 is 0 Å². The van der Waals surface area contributed by atoms with Crippen LogP contribution in [0.25, 0.3) is 0 Å². The Morgan fingerprint density at radius 2 is 2.06 bits per heavy atom. The molecule has 0 aliphatic heterocycles. The SMILES string of the molecule is Cc1ccc(N)c(C(=O)Nc2cc(C)nn2C)c1. The molecule has 0 spiro atoms. The van der Waals surface area contributed by atoms with Crippen LogP contribution in [0, 0.1) is 13.8 Å². The number of rotatable bonds is 2. The summed E-state index contributed by atoms with van der Waals surface area (Å²) in [5, 5.41) is 6.97. The van der Waals surface area contributed by atoms with Gasteiger partial charge in [0.15, 0.2) is 0 Å². The summed E-state index contributed by atoms with van der Waals surface area (Å²) in [6, 6.07) is 7.19. The normalized spacial score (nSPS) is 10.4. The number of carbonyl (C=O) groups excluding carboxylic acids is 1. The average molecular weight is 244 g/mol. The lowest BCUT2D eigenvalue weighted by Crippen LogP contribution is -2.16. The molecule has 0 saturated carbocycles. The fourth-order valence-electron chi connectivity index (χ4n) is 1.78. The van der Waals surface area contributed by atoms with Crippen LogP contribution in [-0.4, -0.2) is 15.7 Å². The lowest BCUT2D eigenvalue weighted by Gasteiger charge is -2.08. The van der Waals surface area contributed by atoms with Gasteiger partial charge in [-0.05, 0) is 26.0 Å². The summed E-state index contributed by atoms with van der Waals surface area (Å²) in [7, 11) is 1.78. The number of nitrogens with two attached hydrogens (primary N) is 1. The fraction of sp³-hybridized carbons (Fsp3) is 0.231. The molecular formula is C13H16N4O. The Kier molecular flexibility index (Phi) is 3.06. The molecule has 0 fully saturated rings. The predicted octanol–water partition coefficient (Wildman–Crippen LogP) is 1.87. The molecule has 1 aromatic carbocycles. The van der Waals surface area contributed by atoms with E-state index in [-0.39, 0.29) is 5.91 Å². The monoisotopic (exact) mass is 244 g/mol. The van der Waals surface area contributed by atoms with Crippen molar-refractivity contribution in [1.29, 1.82) is 0 Å². The molecular weight excluding hydrogens is 228 g/mol. The second kappa shape index (κ2) is 4.52. The van der Waals surface area contributed by atoms with E-state index in [9.17, 15) is 4.79 Å². The van der Waals surface area contributed by atoms with Gasteiger partial charge in [-0.2, -0.15) is 5.10 Å². The van der Waals surface area contributed by atoms with Crippen LogP contribution in [0.3, 0.4) is 0 Å². The third kappa shape index (κ3) is 2.34. The first-order chi connectivity index (χ1) is 8.47. The molecule has 1 aromatic heterocycles. The standard InChI is InChI=1S/C13H16N4O/c1-8-4-5-11(14)10(6-8)13(18)15-12-7-9(2)16-17(12)3/h4-7H,14H2,1-3H3,(H,15,18). The number of nitrogen functional groups attached to an aromatic ring is 1. The zero-order chi connectivity index (χ0) is 13.3. The number of amides is 1. The van der Waals surface area contributed by atoms with E-state index >= 15 is 0 Å². The van der Waals surface area contributed by atoms with E-state index < -0.39 is 0 Å². The quantitative estimate of drug-likeness (QED) is 0.792. The summed E-state index contributed by atoms with van der Waals surface area (Å²) >= 11 is 0. The van der Waals surface area contributed by atoms with Crippen molar-refractivity contribution in [3.63, 3.8) is 0 Å². The van der Waals surface area contributed by atoms with Crippen molar-refractivity contribution in [1.82, 2.24) is 9.78 Å². The summed E-state index contributed by atoms with van der Waals surface area (Å²) in [6.45, 7) is 3.79. The maximum absolute atomic E-state index is 12.1. The van der Waals surface area contributed by atoms with Crippen molar-refractivity contribution in [2.45, 2.75) is 13.8 Å². The molecule has 0 unspecified atom stereocenters. The first kappa shape index (κ1) is 12.2. The van der Waals surface area contributed by atoms with Gasteiger partial charge in [0.05, 0.1) is 11.3 Å². The van der Waals surface area contributed by atoms with Gasteiger partial charge in [0.1, 0.15) is 5.82 Å². The van der Waals surface area contributed by atoms with Gasteiger partial charge in [0, 0.05) is 18.8 Å². The largest absolute Gasteiger partial charge is 0.398 e. The van der Waals surface area contributed by atoms with Crippen LogP contribution in [-0.2, 0) is 7.05 Å². The number of carbonyl (C=O) groups is 1. The fourth-order valence-corrected chi connectivity index (χ4v) is 1.78. The van der Waals surface area contributed by atoms with Crippen LogP contribution in [0.4, 0.5) is 11.5 Å². The third-order valence-electron chi connectivity index (χ3n) is 2.70. The molecule has 0 atom stereocenters. The first-order valence-corrected chi connectivity index (χ1v) is 5.65. The Morgan fingerprint density at radius 1 is 1.33 bits per heavy atom. The molecule has 18 heavy (non-hydrogen) atoms. The van der Waals surface area contributed by atoms with Gasteiger partial charge in [-0.3, -0.25) is 9.48 Å². The molecule has 1 amide bonds. The van der Waals surface area contributed by atoms with E-state index in [1.807, 2.05) is 26.0 Å². The van der Waals surface area contributed by atoms with E-state index in [1.165, 1.54) is 0 Å². The Labute approximate surface area is 106 Å². The summed E-state index contributed by atoms with van der Waals surface area (Å²) < 4.78 is 1.62. The Hall–Kier alpha value is -2.30. The Morgan fingerprint density at radius 3 is 2.67 bits per heavy atom. The lowest BCUT2D eigenvalue weighted by molar-refractivity contribution is 0.102. The van der Waals surface area contributed by atoms with Crippen molar-refractivity contribution >= 4 is 17.4 Å². The van der Waals surface area contributed by atoms with Gasteiger partial charge < -0.3 is 11.1 Å². The molecule has 94 valence electrons. The molecule has 5 nitrogen and oxygen atoms in total. The van der Waals surface area contributed by atoms with Crippen LogP contribution >= 0.6 is 0 Å². The summed E-state index contributed by atoms with van der Waals surface area (Å²) in [5.74, 6) is 0.428. The highest BCUT2D eigenvalue weighted by atomic mass is 16.1. The minimum atomic E-state index is -0.223. The molecule has 2 aromatic rings. The zero-order valence-corrected chi connectivity index (χ0v) is 10.7. The molecule has 3 N–H and O–H groups in total. The number of hydrogen-bond acceptors (Lipinski definition) is 3. The van der Waals surface area contributed by atoms with E-state index in [0.29, 0.717) is 17.1 Å². The topological polar surface area (TPSA) is 72.9 Å². The Bertz CT molecular complexity index is 601. The average Bonchev–Trinajstić information content (AvgIpc) is 2.61. The van der Waals surface area contributed by atoms with Crippen molar-refractivity contribution in [2.24, 2.45) is 7.05 Å².